The second kappa shape index (κ2) is 7.45. The van der Waals surface area contributed by atoms with Gasteiger partial charge in [0.05, 0.1) is 12.0 Å². The lowest BCUT2D eigenvalue weighted by Crippen LogP contribution is -2.40. The van der Waals surface area contributed by atoms with Crippen molar-refractivity contribution in [3.8, 4) is 5.75 Å². The minimum atomic E-state index is -3.72. The van der Waals surface area contributed by atoms with Gasteiger partial charge < -0.3 is 4.74 Å². The maximum Gasteiger partial charge on any atom is 0.246 e. The zero-order valence-corrected chi connectivity index (χ0v) is 16.0. The normalized spacial score (nSPS) is 16.7. The third kappa shape index (κ3) is 3.74. The second-order valence-electron chi connectivity index (χ2n) is 5.82. The van der Waals surface area contributed by atoms with Crippen molar-refractivity contribution in [1.29, 1.82) is 0 Å². The van der Waals surface area contributed by atoms with Crippen LogP contribution in [0.15, 0.2) is 40.6 Å². The van der Waals surface area contributed by atoms with Crippen LogP contribution >= 0.6 is 22.9 Å². The summed E-state index contributed by atoms with van der Waals surface area (Å²) in [6.07, 6.45) is 1.03. The molecule has 1 aliphatic heterocycles. The number of ketones is 1. The minimum absolute atomic E-state index is 0.0607. The molecule has 2 heterocycles. The Balaban J connectivity index is 1.76. The molecule has 0 atom stereocenters. The van der Waals surface area contributed by atoms with Gasteiger partial charge in [-0.15, -0.1) is 11.3 Å². The Kier molecular flexibility index (Phi) is 5.48. The van der Waals surface area contributed by atoms with Crippen molar-refractivity contribution in [3.05, 3.63) is 45.6 Å². The summed E-state index contributed by atoms with van der Waals surface area (Å²) in [4.78, 5) is 13.2. The summed E-state index contributed by atoms with van der Waals surface area (Å²) in [5.74, 6) is 0.236. The number of Topliss-reactive ketones (excluding diaryl/α,β-unsaturated/α-hetero) is 1. The zero-order chi connectivity index (χ0) is 18.0. The van der Waals surface area contributed by atoms with Crippen molar-refractivity contribution in [3.63, 3.8) is 0 Å². The number of halogens is 1. The summed E-state index contributed by atoms with van der Waals surface area (Å²) in [6.45, 7) is 0.611. The lowest BCUT2D eigenvalue weighted by Gasteiger charge is -2.30. The second-order valence-corrected chi connectivity index (χ2v) is 9.11. The highest BCUT2D eigenvalue weighted by molar-refractivity contribution is 7.89. The Morgan fingerprint density at radius 3 is 2.60 bits per heavy atom. The van der Waals surface area contributed by atoms with Crippen LogP contribution in [0.2, 0.25) is 5.02 Å². The topological polar surface area (TPSA) is 63.7 Å². The Hall–Kier alpha value is -1.41. The van der Waals surface area contributed by atoms with Gasteiger partial charge in [0, 0.05) is 24.0 Å². The molecule has 0 N–H and O–H groups in total. The number of thiophene rings is 1. The van der Waals surface area contributed by atoms with Gasteiger partial charge in [-0.25, -0.2) is 8.42 Å². The Labute approximate surface area is 156 Å². The smallest absolute Gasteiger partial charge is 0.246 e. The number of piperidine rings is 1. The molecule has 0 radical (unpaired) electrons. The zero-order valence-electron chi connectivity index (χ0n) is 13.6. The van der Waals surface area contributed by atoms with Gasteiger partial charge >= 0.3 is 0 Å². The van der Waals surface area contributed by atoms with E-state index in [1.54, 1.807) is 12.1 Å². The molecular weight excluding hydrogens is 382 g/mol. The van der Waals surface area contributed by atoms with Crippen molar-refractivity contribution >= 4 is 38.7 Å². The Morgan fingerprint density at radius 1 is 1.28 bits per heavy atom. The van der Waals surface area contributed by atoms with Gasteiger partial charge in [0.2, 0.25) is 10.0 Å². The number of rotatable bonds is 5. The molecule has 1 aromatic carbocycles. The average molecular weight is 400 g/mol. The van der Waals surface area contributed by atoms with Gasteiger partial charge in [-0.2, -0.15) is 4.31 Å². The van der Waals surface area contributed by atoms with E-state index in [0.717, 1.165) is 4.88 Å². The standard InChI is InChI=1S/C17H18ClNO4S2/c1-23-14-5-4-13(18)11-16(14)25(21,22)19-8-6-12(7-9-19)17(20)15-3-2-10-24-15/h2-5,10-12H,6-9H2,1H3. The van der Waals surface area contributed by atoms with Gasteiger partial charge in [-0.3, -0.25) is 4.79 Å². The van der Waals surface area contributed by atoms with Gasteiger partial charge in [-0.1, -0.05) is 17.7 Å². The van der Waals surface area contributed by atoms with E-state index in [-0.39, 0.29) is 22.3 Å². The molecule has 3 rings (SSSR count). The lowest BCUT2D eigenvalue weighted by atomic mass is 9.93. The minimum Gasteiger partial charge on any atom is -0.495 e. The van der Waals surface area contributed by atoms with Crippen LogP contribution in [-0.2, 0) is 10.0 Å². The molecule has 25 heavy (non-hydrogen) atoms. The number of hydrogen-bond acceptors (Lipinski definition) is 5. The van der Waals surface area contributed by atoms with Gasteiger partial charge in [0.1, 0.15) is 10.6 Å². The molecule has 1 saturated heterocycles. The van der Waals surface area contributed by atoms with Crippen molar-refractivity contribution < 1.29 is 17.9 Å². The first kappa shape index (κ1) is 18.4. The van der Waals surface area contributed by atoms with Crippen molar-refractivity contribution in [2.24, 2.45) is 5.92 Å². The molecule has 1 aromatic heterocycles. The molecule has 2 aromatic rings. The average Bonchev–Trinajstić information content (AvgIpc) is 3.16. The number of sulfonamides is 1. The van der Waals surface area contributed by atoms with E-state index in [1.165, 1.54) is 28.8 Å². The fraction of sp³-hybridized carbons (Fsp3) is 0.353. The van der Waals surface area contributed by atoms with Crippen LogP contribution in [0.3, 0.4) is 0 Å². The first-order chi connectivity index (χ1) is 11.9. The highest BCUT2D eigenvalue weighted by Gasteiger charge is 2.34. The van der Waals surface area contributed by atoms with Crippen molar-refractivity contribution in [1.82, 2.24) is 4.31 Å². The van der Waals surface area contributed by atoms with Crippen molar-refractivity contribution in [2.45, 2.75) is 17.7 Å². The van der Waals surface area contributed by atoms with Crippen LogP contribution in [0.25, 0.3) is 0 Å². The van der Waals surface area contributed by atoms with E-state index in [1.807, 2.05) is 17.5 Å². The van der Waals surface area contributed by atoms with Crippen LogP contribution in [0, 0.1) is 5.92 Å². The molecule has 1 fully saturated rings. The van der Waals surface area contributed by atoms with Crippen LogP contribution in [0.4, 0.5) is 0 Å². The number of methoxy groups -OCH3 is 1. The summed E-state index contributed by atoms with van der Waals surface area (Å²) in [6, 6.07) is 8.20. The van der Waals surface area contributed by atoms with E-state index >= 15 is 0 Å². The third-order valence-corrected chi connectivity index (χ3v) is 7.37. The predicted molar refractivity (Wildman–Crippen MR) is 98.1 cm³/mol. The Morgan fingerprint density at radius 2 is 2.00 bits per heavy atom. The predicted octanol–water partition coefficient (Wildman–Crippen LogP) is 3.69. The Bertz CT molecular complexity index is 857. The molecule has 0 saturated carbocycles. The van der Waals surface area contributed by atoms with E-state index in [0.29, 0.717) is 31.0 Å². The van der Waals surface area contributed by atoms with Crippen LogP contribution in [-0.4, -0.2) is 38.7 Å². The highest BCUT2D eigenvalue weighted by atomic mass is 35.5. The van der Waals surface area contributed by atoms with E-state index in [4.69, 9.17) is 16.3 Å². The number of benzene rings is 1. The maximum absolute atomic E-state index is 12.9. The van der Waals surface area contributed by atoms with E-state index < -0.39 is 10.0 Å². The molecule has 0 unspecified atom stereocenters. The number of carbonyl (C=O) groups is 1. The largest absolute Gasteiger partial charge is 0.495 e. The van der Waals surface area contributed by atoms with Crippen LogP contribution in [0.5, 0.6) is 5.75 Å². The molecule has 0 bridgehead atoms. The fourth-order valence-electron chi connectivity index (χ4n) is 2.97. The van der Waals surface area contributed by atoms with Crippen molar-refractivity contribution in [2.75, 3.05) is 20.2 Å². The quantitative estimate of drug-likeness (QED) is 0.719. The van der Waals surface area contributed by atoms with Crippen LogP contribution < -0.4 is 4.74 Å². The maximum atomic E-state index is 12.9. The molecule has 0 aliphatic carbocycles. The molecule has 5 nitrogen and oxygen atoms in total. The number of carbonyl (C=O) groups excluding carboxylic acids is 1. The third-order valence-electron chi connectivity index (χ3n) is 4.33. The van der Waals surface area contributed by atoms with E-state index in [9.17, 15) is 13.2 Å². The monoisotopic (exact) mass is 399 g/mol. The van der Waals surface area contributed by atoms with E-state index in [2.05, 4.69) is 0 Å². The summed E-state index contributed by atoms with van der Waals surface area (Å²) in [5.41, 5.74) is 0. The fourth-order valence-corrected chi connectivity index (χ4v) is 5.60. The number of hydrogen-bond donors (Lipinski definition) is 0. The van der Waals surface area contributed by atoms with Crippen LogP contribution in [0.1, 0.15) is 22.5 Å². The highest BCUT2D eigenvalue weighted by Crippen LogP contribution is 2.32. The summed E-state index contributed by atoms with van der Waals surface area (Å²) in [7, 11) is -2.29. The number of ether oxygens (including phenoxy) is 1. The van der Waals surface area contributed by atoms with Gasteiger partial charge in [0.25, 0.3) is 0 Å². The summed E-state index contributed by atoms with van der Waals surface area (Å²) >= 11 is 7.38. The SMILES string of the molecule is COc1ccc(Cl)cc1S(=O)(=O)N1CCC(C(=O)c2cccs2)CC1. The lowest BCUT2D eigenvalue weighted by molar-refractivity contribution is 0.0879. The summed E-state index contributed by atoms with van der Waals surface area (Å²) < 4.78 is 32.4. The molecular formula is C17H18ClNO4S2. The summed E-state index contributed by atoms with van der Waals surface area (Å²) in [5, 5.41) is 2.21. The first-order valence-electron chi connectivity index (χ1n) is 7.85. The first-order valence-corrected chi connectivity index (χ1v) is 10.5. The molecule has 134 valence electrons. The van der Waals surface area contributed by atoms with Gasteiger partial charge in [0.15, 0.2) is 5.78 Å². The molecule has 8 heteroatoms. The molecule has 0 spiro atoms. The number of nitrogens with zero attached hydrogens (tertiary/aromatic N) is 1. The van der Waals surface area contributed by atoms with Gasteiger partial charge in [-0.05, 0) is 42.5 Å². The molecule has 1 aliphatic rings. The molecule has 0 amide bonds.